The highest BCUT2D eigenvalue weighted by molar-refractivity contribution is 6.35. The maximum atomic E-state index is 6.18. The SMILES string of the molecule is COc1ccc(C(C)Nc2cc(Cl)ccc2Cl)c(OC)c1. The highest BCUT2D eigenvalue weighted by Gasteiger charge is 2.14. The van der Waals surface area contributed by atoms with Crippen molar-refractivity contribution in [2.75, 3.05) is 19.5 Å². The first-order valence-electron chi connectivity index (χ1n) is 6.48. The second-order valence-corrected chi connectivity index (χ2v) is 5.44. The lowest BCUT2D eigenvalue weighted by Gasteiger charge is -2.20. The average molecular weight is 326 g/mol. The van der Waals surface area contributed by atoms with E-state index in [1.165, 1.54) is 0 Å². The van der Waals surface area contributed by atoms with Crippen LogP contribution < -0.4 is 14.8 Å². The van der Waals surface area contributed by atoms with Gasteiger partial charge in [0.05, 0.1) is 31.0 Å². The molecule has 0 saturated heterocycles. The second-order valence-electron chi connectivity index (χ2n) is 4.60. The van der Waals surface area contributed by atoms with Gasteiger partial charge >= 0.3 is 0 Å². The molecule has 1 atom stereocenters. The summed E-state index contributed by atoms with van der Waals surface area (Å²) in [4.78, 5) is 0. The van der Waals surface area contributed by atoms with Crippen LogP contribution in [-0.2, 0) is 0 Å². The van der Waals surface area contributed by atoms with E-state index >= 15 is 0 Å². The van der Waals surface area contributed by atoms with Crippen LogP contribution in [0.3, 0.4) is 0 Å². The summed E-state index contributed by atoms with van der Waals surface area (Å²) in [6, 6.07) is 11.0. The van der Waals surface area contributed by atoms with Gasteiger partial charge in [-0.05, 0) is 37.3 Å². The van der Waals surface area contributed by atoms with Gasteiger partial charge in [0.15, 0.2) is 0 Å². The highest BCUT2D eigenvalue weighted by Crippen LogP contribution is 2.33. The molecule has 2 rings (SSSR count). The second kappa shape index (κ2) is 6.92. The highest BCUT2D eigenvalue weighted by atomic mass is 35.5. The monoisotopic (exact) mass is 325 g/mol. The third-order valence-corrected chi connectivity index (χ3v) is 3.77. The summed E-state index contributed by atoms with van der Waals surface area (Å²) in [5, 5.41) is 4.60. The summed E-state index contributed by atoms with van der Waals surface area (Å²) < 4.78 is 10.6. The number of nitrogens with one attached hydrogen (secondary N) is 1. The van der Waals surface area contributed by atoms with Gasteiger partial charge in [-0.25, -0.2) is 0 Å². The van der Waals surface area contributed by atoms with E-state index in [4.69, 9.17) is 32.7 Å². The Morgan fingerprint density at radius 3 is 2.43 bits per heavy atom. The fourth-order valence-corrected chi connectivity index (χ4v) is 2.44. The smallest absolute Gasteiger partial charge is 0.127 e. The van der Waals surface area contributed by atoms with Crippen molar-refractivity contribution in [1.29, 1.82) is 0 Å². The molecule has 0 aliphatic heterocycles. The van der Waals surface area contributed by atoms with Gasteiger partial charge in [0.2, 0.25) is 0 Å². The largest absolute Gasteiger partial charge is 0.497 e. The number of hydrogen-bond acceptors (Lipinski definition) is 3. The quantitative estimate of drug-likeness (QED) is 0.821. The Hall–Kier alpha value is -1.58. The van der Waals surface area contributed by atoms with E-state index in [0.29, 0.717) is 10.0 Å². The Kier molecular flexibility index (Phi) is 5.21. The van der Waals surface area contributed by atoms with Crippen molar-refractivity contribution >= 4 is 28.9 Å². The minimum atomic E-state index is 0.00169. The number of ether oxygens (including phenoxy) is 2. The average Bonchev–Trinajstić information content (AvgIpc) is 2.50. The van der Waals surface area contributed by atoms with Crippen LogP contribution in [0.4, 0.5) is 5.69 Å². The molecule has 5 heteroatoms. The van der Waals surface area contributed by atoms with Gasteiger partial charge in [0.1, 0.15) is 11.5 Å². The number of anilines is 1. The van der Waals surface area contributed by atoms with Crippen LogP contribution in [0.2, 0.25) is 10.0 Å². The molecule has 0 radical (unpaired) electrons. The lowest BCUT2D eigenvalue weighted by atomic mass is 10.1. The number of hydrogen-bond donors (Lipinski definition) is 1. The van der Waals surface area contributed by atoms with Crippen molar-refractivity contribution in [1.82, 2.24) is 0 Å². The summed E-state index contributed by atoms with van der Waals surface area (Å²) in [5.74, 6) is 1.51. The molecular formula is C16H17Cl2NO2. The number of rotatable bonds is 5. The Morgan fingerprint density at radius 2 is 1.76 bits per heavy atom. The Morgan fingerprint density at radius 1 is 1.00 bits per heavy atom. The number of halogens is 2. The Labute approximate surface area is 134 Å². The van der Waals surface area contributed by atoms with Crippen molar-refractivity contribution in [2.45, 2.75) is 13.0 Å². The predicted octanol–water partition coefficient (Wildman–Crippen LogP) is 5.18. The van der Waals surface area contributed by atoms with E-state index in [9.17, 15) is 0 Å². The summed E-state index contributed by atoms with van der Waals surface area (Å²) in [7, 11) is 3.26. The molecule has 0 aliphatic carbocycles. The van der Waals surface area contributed by atoms with E-state index in [1.807, 2.05) is 25.1 Å². The Bertz CT molecular complexity index is 632. The van der Waals surface area contributed by atoms with Gasteiger partial charge in [0, 0.05) is 16.7 Å². The lowest BCUT2D eigenvalue weighted by molar-refractivity contribution is 0.390. The van der Waals surface area contributed by atoms with Crippen LogP contribution in [0.1, 0.15) is 18.5 Å². The van der Waals surface area contributed by atoms with Crippen molar-refractivity contribution in [3.63, 3.8) is 0 Å². The first-order valence-corrected chi connectivity index (χ1v) is 7.24. The van der Waals surface area contributed by atoms with E-state index in [-0.39, 0.29) is 6.04 Å². The molecular weight excluding hydrogens is 309 g/mol. The number of methoxy groups -OCH3 is 2. The van der Waals surface area contributed by atoms with Crippen LogP contribution in [0, 0.1) is 0 Å². The molecule has 112 valence electrons. The van der Waals surface area contributed by atoms with Crippen LogP contribution in [-0.4, -0.2) is 14.2 Å². The molecule has 0 aromatic heterocycles. The summed E-state index contributed by atoms with van der Waals surface area (Å²) >= 11 is 12.2. The first kappa shape index (κ1) is 15.8. The topological polar surface area (TPSA) is 30.5 Å². The van der Waals surface area contributed by atoms with Crippen molar-refractivity contribution in [3.05, 3.63) is 52.0 Å². The van der Waals surface area contributed by atoms with Gasteiger partial charge in [-0.3, -0.25) is 0 Å². The van der Waals surface area contributed by atoms with Gasteiger partial charge < -0.3 is 14.8 Å². The lowest BCUT2D eigenvalue weighted by Crippen LogP contribution is -2.08. The molecule has 21 heavy (non-hydrogen) atoms. The summed E-state index contributed by atoms with van der Waals surface area (Å²) in [6.45, 7) is 2.03. The van der Waals surface area contributed by atoms with Crippen molar-refractivity contribution in [2.24, 2.45) is 0 Å². The van der Waals surface area contributed by atoms with E-state index in [0.717, 1.165) is 22.7 Å². The van der Waals surface area contributed by atoms with Gasteiger partial charge in [0.25, 0.3) is 0 Å². The van der Waals surface area contributed by atoms with Gasteiger partial charge in [-0.15, -0.1) is 0 Å². The fourth-order valence-electron chi connectivity index (χ4n) is 2.10. The molecule has 1 N–H and O–H groups in total. The molecule has 2 aromatic rings. The summed E-state index contributed by atoms with van der Waals surface area (Å²) in [5.41, 5.74) is 1.80. The van der Waals surface area contributed by atoms with Crippen molar-refractivity contribution in [3.8, 4) is 11.5 Å². The summed E-state index contributed by atoms with van der Waals surface area (Å²) in [6.07, 6.45) is 0. The molecule has 0 saturated carbocycles. The van der Waals surface area contributed by atoms with E-state index < -0.39 is 0 Å². The molecule has 0 heterocycles. The van der Waals surface area contributed by atoms with E-state index in [2.05, 4.69) is 5.32 Å². The molecule has 0 aliphatic rings. The molecule has 1 unspecified atom stereocenters. The zero-order valence-corrected chi connectivity index (χ0v) is 13.6. The molecule has 0 fully saturated rings. The van der Waals surface area contributed by atoms with Crippen molar-refractivity contribution < 1.29 is 9.47 Å². The van der Waals surface area contributed by atoms with Crippen LogP contribution in [0.15, 0.2) is 36.4 Å². The minimum absolute atomic E-state index is 0.00169. The molecule has 3 nitrogen and oxygen atoms in total. The fraction of sp³-hybridized carbons (Fsp3) is 0.250. The maximum Gasteiger partial charge on any atom is 0.127 e. The molecule has 0 bridgehead atoms. The van der Waals surface area contributed by atoms with Gasteiger partial charge in [-0.1, -0.05) is 23.2 Å². The zero-order valence-electron chi connectivity index (χ0n) is 12.1. The molecule has 0 amide bonds. The van der Waals surface area contributed by atoms with Crippen LogP contribution in [0.5, 0.6) is 11.5 Å². The third-order valence-electron chi connectivity index (χ3n) is 3.21. The van der Waals surface area contributed by atoms with E-state index in [1.54, 1.807) is 32.4 Å². The Balaban J connectivity index is 2.27. The predicted molar refractivity (Wildman–Crippen MR) is 88.0 cm³/mol. The first-order chi connectivity index (χ1) is 10.0. The molecule has 0 spiro atoms. The standard InChI is InChI=1S/C16H17Cl2NO2/c1-10(19-15-8-11(17)4-7-14(15)18)13-6-5-12(20-2)9-16(13)21-3/h4-10,19H,1-3H3. The number of benzene rings is 2. The zero-order chi connectivity index (χ0) is 15.4. The normalized spacial score (nSPS) is 11.9. The van der Waals surface area contributed by atoms with Crippen LogP contribution >= 0.6 is 23.2 Å². The third kappa shape index (κ3) is 3.74. The van der Waals surface area contributed by atoms with Gasteiger partial charge in [-0.2, -0.15) is 0 Å². The molecule has 2 aromatic carbocycles. The van der Waals surface area contributed by atoms with Crippen LogP contribution in [0.25, 0.3) is 0 Å². The maximum absolute atomic E-state index is 6.18. The minimum Gasteiger partial charge on any atom is -0.497 e.